The Bertz CT molecular complexity index is 547. The van der Waals surface area contributed by atoms with Gasteiger partial charge in [-0.1, -0.05) is 56.3 Å². The van der Waals surface area contributed by atoms with Crippen molar-refractivity contribution in [1.82, 2.24) is 0 Å². The van der Waals surface area contributed by atoms with Gasteiger partial charge in [-0.05, 0) is 31.4 Å². The summed E-state index contributed by atoms with van der Waals surface area (Å²) in [4.78, 5) is 23.0. The van der Waals surface area contributed by atoms with E-state index in [1.165, 1.54) is 0 Å². The van der Waals surface area contributed by atoms with Gasteiger partial charge in [0.25, 0.3) is 0 Å². The summed E-state index contributed by atoms with van der Waals surface area (Å²) in [6.45, 7) is 3.01. The van der Waals surface area contributed by atoms with Crippen molar-refractivity contribution >= 4 is 23.5 Å². The van der Waals surface area contributed by atoms with Gasteiger partial charge in [-0.15, -0.1) is 0 Å². The maximum absolute atomic E-state index is 11.7. The van der Waals surface area contributed by atoms with Crippen molar-refractivity contribution < 1.29 is 23.8 Å². The summed E-state index contributed by atoms with van der Waals surface area (Å²) < 4.78 is 15.6. The van der Waals surface area contributed by atoms with E-state index >= 15 is 0 Å². The number of para-hydroxylation sites is 1. The quantitative estimate of drug-likeness (QED) is 0.295. The number of rotatable bonds is 15. The third-order valence-electron chi connectivity index (χ3n) is 3.92. The number of carbonyl (C=O) groups is 2. The molecule has 0 spiro atoms. The van der Waals surface area contributed by atoms with Crippen LogP contribution in [0.25, 0.3) is 0 Å². The normalized spacial score (nSPS) is 10.4. The molecule has 1 aromatic carbocycles. The van der Waals surface area contributed by atoms with Gasteiger partial charge >= 0.3 is 11.9 Å². The highest BCUT2D eigenvalue weighted by Crippen LogP contribution is 2.22. The number of benzene rings is 1. The van der Waals surface area contributed by atoms with E-state index in [9.17, 15) is 9.59 Å². The number of ether oxygens (including phenoxy) is 3. The van der Waals surface area contributed by atoms with Crippen molar-refractivity contribution in [3.05, 3.63) is 29.3 Å². The molecule has 0 aromatic heterocycles. The smallest absolute Gasteiger partial charge is 0.305 e. The molecule has 5 nitrogen and oxygen atoms in total. The van der Waals surface area contributed by atoms with Gasteiger partial charge in [-0.2, -0.15) is 0 Å². The van der Waals surface area contributed by atoms with E-state index in [0.717, 1.165) is 44.9 Å². The largest absolute Gasteiger partial charge is 0.488 e. The van der Waals surface area contributed by atoms with Crippen LogP contribution in [0.5, 0.6) is 5.75 Å². The third-order valence-corrected chi connectivity index (χ3v) is 4.23. The number of unbranched alkanes of at least 4 members (excludes halogenated alkanes) is 5. The number of carbonyl (C=O) groups excluding carboxylic acids is 2. The first-order valence-electron chi connectivity index (χ1n) is 9.82. The Kier molecular flexibility index (Phi) is 13.2. The number of hydrogen-bond donors (Lipinski definition) is 0. The first-order valence-corrected chi connectivity index (χ1v) is 10.2. The van der Waals surface area contributed by atoms with E-state index in [2.05, 4.69) is 0 Å². The molecule has 0 heterocycles. The van der Waals surface area contributed by atoms with Crippen LogP contribution in [0.3, 0.4) is 0 Å². The molecule has 0 amide bonds. The second-order valence-electron chi connectivity index (χ2n) is 6.34. The summed E-state index contributed by atoms with van der Waals surface area (Å²) in [6, 6.07) is 7.20. The van der Waals surface area contributed by atoms with Crippen LogP contribution in [-0.2, 0) is 19.1 Å². The number of halogens is 1. The topological polar surface area (TPSA) is 61.8 Å². The Morgan fingerprint density at radius 3 is 1.96 bits per heavy atom. The zero-order chi connectivity index (χ0) is 19.7. The van der Waals surface area contributed by atoms with Crippen LogP contribution in [0.15, 0.2) is 24.3 Å². The van der Waals surface area contributed by atoms with Crippen LogP contribution in [0, 0.1) is 0 Å². The molecule has 1 aromatic rings. The number of hydrogen-bond acceptors (Lipinski definition) is 5. The summed E-state index contributed by atoms with van der Waals surface area (Å²) in [7, 11) is 0. The van der Waals surface area contributed by atoms with Gasteiger partial charge in [-0.3, -0.25) is 9.59 Å². The molecule has 0 atom stereocenters. The number of esters is 2. The maximum Gasteiger partial charge on any atom is 0.305 e. The van der Waals surface area contributed by atoms with Crippen LogP contribution >= 0.6 is 11.6 Å². The lowest BCUT2D eigenvalue weighted by Crippen LogP contribution is -2.12. The summed E-state index contributed by atoms with van der Waals surface area (Å²) in [5.74, 6) is 0.295. The first kappa shape index (κ1) is 23.3. The Morgan fingerprint density at radius 2 is 1.37 bits per heavy atom. The fourth-order valence-corrected chi connectivity index (χ4v) is 2.67. The van der Waals surface area contributed by atoms with E-state index in [0.29, 0.717) is 30.2 Å². The molecule has 0 saturated carbocycles. The molecule has 0 saturated heterocycles. The molecule has 0 radical (unpaired) electrons. The Hall–Kier alpha value is -1.75. The van der Waals surface area contributed by atoms with Crippen molar-refractivity contribution in [1.29, 1.82) is 0 Å². The molecule has 1 rings (SSSR count). The molecule has 0 fully saturated rings. The van der Waals surface area contributed by atoms with E-state index in [1.807, 2.05) is 19.1 Å². The van der Waals surface area contributed by atoms with Gasteiger partial charge in [0, 0.05) is 12.8 Å². The van der Waals surface area contributed by atoms with Crippen LogP contribution in [0.2, 0.25) is 5.02 Å². The van der Waals surface area contributed by atoms with Gasteiger partial charge in [0.05, 0.1) is 11.6 Å². The molecular formula is C21H31ClO5. The lowest BCUT2D eigenvalue weighted by molar-refractivity contribution is -0.145. The van der Waals surface area contributed by atoms with Gasteiger partial charge in [0.1, 0.15) is 19.0 Å². The van der Waals surface area contributed by atoms with Crippen molar-refractivity contribution in [2.24, 2.45) is 0 Å². The average molecular weight is 399 g/mol. The fourth-order valence-electron chi connectivity index (χ4n) is 2.47. The van der Waals surface area contributed by atoms with E-state index in [1.54, 1.807) is 12.1 Å². The van der Waals surface area contributed by atoms with Gasteiger partial charge < -0.3 is 14.2 Å². The Balaban J connectivity index is 1.90. The zero-order valence-electron chi connectivity index (χ0n) is 16.2. The minimum absolute atomic E-state index is 0.0990. The van der Waals surface area contributed by atoms with E-state index in [-0.39, 0.29) is 25.2 Å². The highest BCUT2D eigenvalue weighted by atomic mass is 35.5. The van der Waals surface area contributed by atoms with Gasteiger partial charge in [-0.25, -0.2) is 0 Å². The highest BCUT2D eigenvalue weighted by molar-refractivity contribution is 6.32. The van der Waals surface area contributed by atoms with Crippen molar-refractivity contribution in [2.45, 2.75) is 64.7 Å². The molecule has 27 heavy (non-hydrogen) atoms. The molecule has 0 N–H and O–H groups in total. The molecular weight excluding hydrogens is 368 g/mol. The maximum atomic E-state index is 11.7. The monoisotopic (exact) mass is 398 g/mol. The summed E-state index contributed by atoms with van der Waals surface area (Å²) in [5.41, 5.74) is 0. The highest BCUT2D eigenvalue weighted by Gasteiger charge is 2.05. The summed E-state index contributed by atoms with van der Waals surface area (Å²) >= 11 is 5.98. The second-order valence-corrected chi connectivity index (χ2v) is 6.75. The lowest BCUT2D eigenvalue weighted by Gasteiger charge is -2.08. The molecule has 0 aliphatic heterocycles. The minimum Gasteiger partial charge on any atom is -0.488 e. The minimum atomic E-state index is -0.198. The molecule has 0 aliphatic carbocycles. The van der Waals surface area contributed by atoms with Crippen molar-refractivity contribution in [3.8, 4) is 5.75 Å². The Labute approximate surface area is 167 Å². The lowest BCUT2D eigenvalue weighted by atomic mass is 10.1. The van der Waals surface area contributed by atoms with E-state index in [4.69, 9.17) is 25.8 Å². The first-order chi connectivity index (χ1) is 13.1. The third kappa shape index (κ3) is 12.3. The standard InChI is InChI=1S/C21H31ClO5/c1-2-15-26-20(23)13-7-5-3-4-6-8-14-21(24)27-17-16-25-19-12-10-9-11-18(19)22/h9-12H,2-8,13-17H2,1H3. The van der Waals surface area contributed by atoms with Crippen molar-refractivity contribution in [3.63, 3.8) is 0 Å². The van der Waals surface area contributed by atoms with Crippen molar-refractivity contribution in [2.75, 3.05) is 19.8 Å². The van der Waals surface area contributed by atoms with Crippen LogP contribution in [-0.4, -0.2) is 31.8 Å². The predicted molar refractivity (Wildman–Crippen MR) is 106 cm³/mol. The average Bonchev–Trinajstić information content (AvgIpc) is 2.67. The molecule has 6 heteroatoms. The van der Waals surface area contributed by atoms with Crippen LogP contribution in [0.1, 0.15) is 64.7 Å². The molecule has 0 unspecified atom stereocenters. The van der Waals surface area contributed by atoms with E-state index < -0.39 is 0 Å². The molecule has 0 bridgehead atoms. The second kappa shape index (κ2) is 15.3. The van der Waals surface area contributed by atoms with Gasteiger partial charge in [0.15, 0.2) is 0 Å². The van der Waals surface area contributed by atoms with Gasteiger partial charge in [0.2, 0.25) is 0 Å². The van der Waals surface area contributed by atoms with Crippen LogP contribution in [0.4, 0.5) is 0 Å². The predicted octanol–water partition coefficient (Wildman–Crippen LogP) is 5.34. The summed E-state index contributed by atoms with van der Waals surface area (Å²) in [5, 5.41) is 0.543. The van der Waals surface area contributed by atoms with Crippen LogP contribution < -0.4 is 4.74 Å². The molecule has 152 valence electrons. The SMILES string of the molecule is CCCOC(=O)CCCCCCCCC(=O)OCCOc1ccccc1Cl. The summed E-state index contributed by atoms with van der Waals surface area (Å²) in [6.07, 6.45) is 7.63. The molecule has 0 aliphatic rings. The Morgan fingerprint density at radius 1 is 0.815 bits per heavy atom. The fraction of sp³-hybridized carbons (Fsp3) is 0.619. The zero-order valence-corrected chi connectivity index (χ0v) is 17.0.